The standard InChI is InChI=1S/C23H24F4O/c1-16-3-7-18(8-4-16)15-28-21-13-11-20(12-14-21,22(24,25)23(21,26)27)19-9-5-17(2)6-10-19/h3-10H,11-15H2,1-2H3. The Morgan fingerprint density at radius 2 is 1.21 bits per heavy atom. The second kappa shape index (κ2) is 6.31. The second-order valence-corrected chi connectivity index (χ2v) is 8.37. The lowest BCUT2D eigenvalue weighted by atomic mass is 9.52. The molecule has 0 spiro atoms. The van der Waals surface area contributed by atoms with E-state index in [9.17, 15) is 0 Å². The third-order valence-electron chi connectivity index (χ3n) is 6.72. The van der Waals surface area contributed by atoms with E-state index < -0.39 is 22.9 Å². The minimum Gasteiger partial charge on any atom is -0.364 e. The van der Waals surface area contributed by atoms with E-state index in [2.05, 4.69) is 0 Å². The molecule has 150 valence electrons. The van der Waals surface area contributed by atoms with Gasteiger partial charge in [0.1, 0.15) is 5.60 Å². The van der Waals surface area contributed by atoms with Gasteiger partial charge in [0, 0.05) is 0 Å². The molecule has 0 saturated heterocycles. The summed E-state index contributed by atoms with van der Waals surface area (Å²) in [5.74, 6) is -8.40. The second-order valence-electron chi connectivity index (χ2n) is 8.37. The van der Waals surface area contributed by atoms with Gasteiger partial charge in [-0.1, -0.05) is 59.7 Å². The Kier molecular flexibility index (Phi) is 4.38. The van der Waals surface area contributed by atoms with Gasteiger partial charge in [-0.15, -0.1) is 0 Å². The fraction of sp³-hybridized carbons (Fsp3) is 0.478. The first-order valence-electron chi connectivity index (χ1n) is 9.66. The van der Waals surface area contributed by atoms with Crippen LogP contribution in [0.4, 0.5) is 17.6 Å². The highest BCUT2D eigenvalue weighted by Gasteiger charge is 2.82. The summed E-state index contributed by atoms with van der Waals surface area (Å²) in [4.78, 5) is 0. The van der Waals surface area contributed by atoms with Crippen LogP contribution in [0.1, 0.15) is 47.9 Å². The fourth-order valence-electron chi connectivity index (χ4n) is 4.78. The predicted octanol–water partition coefficient (Wildman–Crippen LogP) is 6.36. The van der Waals surface area contributed by atoms with Crippen LogP contribution in [0, 0.1) is 13.8 Å². The number of rotatable bonds is 4. The highest BCUT2D eigenvalue weighted by molar-refractivity contribution is 5.38. The summed E-state index contributed by atoms with van der Waals surface area (Å²) < 4.78 is 66.7. The summed E-state index contributed by atoms with van der Waals surface area (Å²) >= 11 is 0. The van der Waals surface area contributed by atoms with Gasteiger partial charge in [-0.3, -0.25) is 0 Å². The van der Waals surface area contributed by atoms with Gasteiger partial charge in [-0.25, -0.2) is 0 Å². The van der Waals surface area contributed by atoms with Crippen molar-refractivity contribution in [3.8, 4) is 0 Å². The number of benzene rings is 2. The summed E-state index contributed by atoms with van der Waals surface area (Å²) in [6.45, 7) is 3.67. The van der Waals surface area contributed by atoms with E-state index in [1.807, 2.05) is 26.0 Å². The third kappa shape index (κ3) is 2.55. The van der Waals surface area contributed by atoms with Crippen molar-refractivity contribution in [1.82, 2.24) is 0 Å². The Balaban J connectivity index is 1.65. The van der Waals surface area contributed by atoms with E-state index >= 15 is 17.6 Å². The van der Waals surface area contributed by atoms with E-state index in [-0.39, 0.29) is 32.3 Å². The van der Waals surface area contributed by atoms with Crippen molar-refractivity contribution in [1.29, 1.82) is 0 Å². The Hall–Kier alpha value is -1.88. The molecule has 0 atom stereocenters. The van der Waals surface area contributed by atoms with Gasteiger partial charge in [-0.2, -0.15) is 17.6 Å². The molecule has 3 aliphatic carbocycles. The van der Waals surface area contributed by atoms with Crippen LogP contribution in [0.25, 0.3) is 0 Å². The molecule has 28 heavy (non-hydrogen) atoms. The molecule has 2 aromatic carbocycles. The maximum absolute atomic E-state index is 15.3. The number of hydrogen-bond donors (Lipinski definition) is 0. The molecule has 0 unspecified atom stereocenters. The van der Waals surface area contributed by atoms with Gasteiger partial charge in [0.05, 0.1) is 12.0 Å². The smallest absolute Gasteiger partial charge is 0.339 e. The highest BCUT2D eigenvalue weighted by atomic mass is 19.3. The molecule has 2 aromatic rings. The number of ether oxygens (including phenoxy) is 1. The van der Waals surface area contributed by atoms with Gasteiger partial charge in [0.25, 0.3) is 0 Å². The van der Waals surface area contributed by atoms with E-state index in [4.69, 9.17) is 4.74 Å². The predicted molar refractivity (Wildman–Crippen MR) is 99.9 cm³/mol. The van der Waals surface area contributed by atoms with Gasteiger partial charge in [-0.05, 0) is 50.7 Å². The number of halogens is 4. The minimum absolute atomic E-state index is 0.00739. The van der Waals surface area contributed by atoms with Crippen LogP contribution < -0.4 is 0 Å². The minimum atomic E-state index is -4.23. The van der Waals surface area contributed by atoms with Crippen molar-refractivity contribution in [2.75, 3.05) is 0 Å². The van der Waals surface area contributed by atoms with Crippen LogP contribution in [-0.4, -0.2) is 17.4 Å². The lowest BCUT2D eigenvalue weighted by Crippen LogP contribution is -2.74. The highest BCUT2D eigenvalue weighted by Crippen LogP contribution is 2.68. The zero-order valence-electron chi connectivity index (χ0n) is 16.1. The molecule has 3 fully saturated rings. The van der Waals surface area contributed by atoms with Crippen LogP contribution in [0.15, 0.2) is 48.5 Å². The van der Waals surface area contributed by atoms with Crippen molar-refractivity contribution < 1.29 is 22.3 Å². The van der Waals surface area contributed by atoms with E-state index in [1.165, 1.54) is 0 Å². The normalized spacial score (nSPS) is 30.4. The van der Waals surface area contributed by atoms with Crippen LogP contribution in [0.5, 0.6) is 0 Å². The maximum atomic E-state index is 15.3. The molecule has 3 saturated carbocycles. The van der Waals surface area contributed by atoms with E-state index in [0.717, 1.165) is 11.1 Å². The molecule has 0 radical (unpaired) electrons. The molecule has 3 aliphatic rings. The third-order valence-corrected chi connectivity index (χ3v) is 6.72. The van der Waals surface area contributed by atoms with Crippen molar-refractivity contribution >= 4 is 0 Å². The molecule has 0 aliphatic heterocycles. The van der Waals surface area contributed by atoms with Gasteiger partial charge in [0.15, 0.2) is 0 Å². The average Bonchev–Trinajstić information content (AvgIpc) is 2.67. The Bertz CT molecular complexity index is 847. The molecule has 0 amide bonds. The molecule has 0 aromatic heterocycles. The van der Waals surface area contributed by atoms with Gasteiger partial charge in [0.2, 0.25) is 0 Å². The first-order valence-corrected chi connectivity index (χ1v) is 9.66. The summed E-state index contributed by atoms with van der Waals surface area (Å²) in [5, 5.41) is 0. The van der Waals surface area contributed by atoms with Crippen molar-refractivity contribution in [3.05, 3.63) is 70.8 Å². The van der Waals surface area contributed by atoms with Crippen LogP contribution in [0.3, 0.4) is 0 Å². The quantitative estimate of drug-likeness (QED) is 0.551. The topological polar surface area (TPSA) is 9.23 Å². The summed E-state index contributed by atoms with van der Waals surface area (Å²) in [6, 6.07) is 13.8. The fourth-order valence-corrected chi connectivity index (χ4v) is 4.78. The van der Waals surface area contributed by atoms with E-state index in [1.54, 1.807) is 36.4 Å². The van der Waals surface area contributed by atoms with Crippen molar-refractivity contribution in [2.45, 2.75) is 69.0 Å². The molecule has 0 heterocycles. The molecular formula is C23H24F4O. The number of hydrogen-bond acceptors (Lipinski definition) is 1. The molecule has 2 bridgehead atoms. The summed E-state index contributed by atoms with van der Waals surface area (Å²) in [6.07, 6.45) is -0.163. The first kappa shape index (κ1) is 19.4. The number of aryl methyl sites for hydroxylation is 2. The lowest BCUT2D eigenvalue weighted by molar-refractivity contribution is -0.374. The Labute approximate surface area is 162 Å². The van der Waals surface area contributed by atoms with Crippen LogP contribution in [-0.2, 0) is 16.8 Å². The first-order chi connectivity index (χ1) is 13.1. The van der Waals surface area contributed by atoms with Crippen LogP contribution >= 0.6 is 0 Å². The summed E-state index contributed by atoms with van der Waals surface area (Å²) in [7, 11) is 0. The zero-order chi connectivity index (χ0) is 20.2. The monoisotopic (exact) mass is 392 g/mol. The Morgan fingerprint density at radius 1 is 0.714 bits per heavy atom. The van der Waals surface area contributed by atoms with Crippen molar-refractivity contribution in [3.63, 3.8) is 0 Å². The molecule has 1 nitrogen and oxygen atoms in total. The Morgan fingerprint density at radius 3 is 1.75 bits per heavy atom. The summed E-state index contributed by atoms with van der Waals surface area (Å²) in [5.41, 5.74) is -0.989. The average molecular weight is 392 g/mol. The van der Waals surface area contributed by atoms with Crippen LogP contribution in [0.2, 0.25) is 0 Å². The van der Waals surface area contributed by atoms with E-state index in [0.29, 0.717) is 11.1 Å². The van der Waals surface area contributed by atoms with Gasteiger partial charge < -0.3 is 4.74 Å². The van der Waals surface area contributed by atoms with Crippen molar-refractivity contribution in [2.24, 2.45) is 0 Å². The lowest BCUT2D eigenvalue weighted by Gasteiger charge is -2.60. The largest absolute Gasteiger partial charge is 0.364 e. The zero-order valence-corrected chi connectivity index (χ0v) is 16.1. The number of alkyl halides is 4. The molecular weight excluding hydrogens is 368 g/mol. The maximum Gasteiger partial charge on any atom is 0.339 e. The SMILES string of the molecule is Cc1ccc(COC23CCC(c4ccc(C)cc4)(CC2)C(F)(F)C3(F)F)cc1. The van der Waals surface area contributed by atoms with Gasteiger partial charge >= 0.3 is 11.8 Å². The molecule has 0 N–H and O–H groups in total. The molecule has 5 rings (SSSR count). The molecule has 5 heteroatoms. The number of fused-ring (bicyclic) bond motifs is 3.